The van der Waals surface area contributed by atoms with Crippen molar-refractivity contribution >= 4 is 23.1 Å². The van der Waals surface area contributed by atoms with Crippen LogP contribution in [-0.2, 0) is 11.2 Å². The van der Waals surface area contributed by atoms with E-state index in [-0.39, 0.29) is 6.10 Å². The van der Waals surface area contributed by atoms with Gasteiger partial charge >= 0.3 is 0 Å². The minimum Gasteiger partial charge on any atom is -0.390 e. The molecule has 0 aromatic carbocycles. The van der Waals surface area contributed by atoms with E-state index in [2.05, 4.69) is 4.98 Å². The van der Waals surface area contributed by atoms with Crippen molar-refractivity contribution in [2.45, 2.75) is 25.6 Å². The Kier molecular flexibility index (Phi) is 4.02. The molecule has 5 heteroatoms. The summed E-state index contributed by atoms with van der Waals surface area (Å²) in [5.41, 5.74) is 1.03. The molecule has 0 bridgehead atoms. The second-order valence-corrected chi connectivity index (χ2v) is 5.73. The number of hydrogen-bond acceptors (Lipinski definition) is 5. The highest BCUT2D eigenvalue weighted by molar-refractivity contribution is 7.99. The van der Waals surface area contributed by atoms with Crippen molar-refractivity contribution in [2.75, 3.05) is 18.1 Å². The summed E-state index contributed by atoms with van der Waals surface area (Å²) >= 11 is 3.45. The minimum absolute atomic E-state index is 0.0204. The van der Waals surface area contributed by atoms with E-state index >= 15 is 0 Å². The topological polar surface area (TPSA) is 42.4 Å². The van der Waals surface area contributed by atoms with Crippen molar-refractivity contribution in [2.24, 2.45) is 0 Å². The first-order chi connectivity index (χ1) is 7.25. The van der Waals surface area contributed by atoms with Gasteiger partial charge in [-0.1, -0.05) is 0 Å². The van der Waals surface area contributed by atoms with Crippen LogP contribution < -0.4 is 0 Å². The van der Waals surface area contributed by atoms with E-state index in [0.717, 1.165) is 28.8 Å². The molecule has 15 heavy (non-hydrogen) atoms. The van der Waals surface area contributed by atoms with Crippen molar-refractivity contribution in [3.05, 3.63) is 16.1 Å². The molecule has 0 saturated carbocycles. The van der Waals surface area contributed by atoms with Gasteiger partial charge in [0.1, 0.15) is 0 Å². The van der Waals surface area contributed by atoms with E-state index in [1.54, 1.807) is 11.3 Å². The van der Waals surface area contributed by atoms with Gasteiger partial charge in [0.05, 0.1) is 23.8 Å². The summed E-state index contributed by atoms with van der Waals surface area (Å²) in [5.74, 6) is 1.94. The lowest BCUT2D eigenvalue weighted by Crippen LogP contribution is -2.36. The molecule has 1 aliphatic heterocycles. The molecule has 84 valence electrons. The van der Waals surface area contributed by atoms with E-state index in [1.807, 2.05) is 24.1 Å². The van der Waals surface area contributed by atoms with Crippen LogP contribution in [0.2, 0.25) is 0 Å². The summed E-state index contributed by atoms with van der Waals surface area (Å²) in [4.78, 5) is 4.34. The third kappa shape index (κ3) is 3.17. The van der Waals surface area contributed by atoms with Gasteiger partial charge in [-0.25, -0.2) is 4.98 Å². The lowest BCUT2D eigenvalue weighted by Gasteiger charge is -2.26. The summed E-state index contributed by atoms with van der Waals surface area (Å²) in [5, 5.41) is 13.0. The number of ether oxygens (including phenoxy) is 1. The zero-order valence-corrected chi connectivity index (χ0v) is 10.3. The van der Waals surface area contributed by atoms with Crippen molar-refractivity contribution in [3.63, 3.8) is 0 Å². The second-order valence-electron chi connectivity index (χ2n) is 3.64. The predicted molar refractivity (Wildman–Crippen MR) is 63.6 cm³/mol. The highest BCUT2D eigenvalue weighted by atomic mass is 32.2. The summed E-state index contributed by atoms with van der Waals surface area (Å²) < 4.78 is 5.52. The molecule has 1 fully saturated rings. The number of hydrogen-bond donors (Lipinski definition) is 1. The third-order valence-corrected chi connectivity index (χ3v) is 4.33. The lowest BCUT2D eigenvalue weighted by atomic mass is 10.1. The van der Waals surface area contributed by atoms with Gasteiger partial charge in [0, 0.05) is 29.0 Å². The molecule has 3 nitrogen and oxygen atoms in total. The highest BCUT2D eigenvalue weighted by Gasteiger charge is 2.23. The number of rotatable bonds is 3. The average molecular weight is 245 g/mol. The molecule has 0 amide bonds. The fraction of sp³-hybridized carbons (Fsp3) is 0.700. The monoisotopic (exact) mass is 245 g/mol. The van der Waals surface area contributed by atoms with Crippen LogP contribution in [0, 0.1) is 6.92 Å². The Bertz CT molecular complexity index is 310. The number of aliphatic hydroxyl groups excluding tert-OH is 1. The van der Waals surface area contributed by atoms with Gasteiger partial charge in [-0.05, 0) is 6.92 Å². The van der Waals surface area contributed by atoms with Crippen LogP contribution in [0.4, 0.5) is 0 Å². The fourth-order valence-electron chi connectivity index (χ4n) is 1.53. The number of thiazole rings is 1. The molecule has 2 unspecified atom stereocenters. The van der Waals surface area contributed by atoms with Gasteiger partial charge in [-0.2, -0.15) is 11.8 Å². The third-order valence-electron chi connectivity index (χ3n) is 2.32. The van der Waals surface area contributed by atoms with Gasteiger partial charge in [-0.15, -0.1) is 11.3 Å². The molecule has 0 aliphatic carbocycles. The van der Waals surface area contributed by atoms with Gasteiger partial charge in [0.25, 0.3) is 0 Å². The van der Waals surface area contributed by atoms with Gasteiger partial charge in [0.2, 0.25) is 0 Å². The number of aryl methyl sites for hydroxylation is 1. The number of thioether (sulfide) groups is 1. The zero-order chi connectivity index (χ0) is 10.7. The first kappa shape index (κ1) is 11.4. The van der Waals surface area contributed by atoms with Gasteiger partial charge in [-0.3, -0.25) is 0 Å². The van der Waals surface area contributed by atoms with Crippen LogP contribution in [0.25, 0.3) is 0 Å². The first-order valence-electron chi connectivity index (χ1n) is 5.04. The van der Waals surface area contributed by atoms with Crippen molar-refractivity contribution in [1.82, 2.24) is 4.98 Å². The largest absolute Gasteiger partial charge is 0.390 e. The summed E-state index contributed by atoms with van der Waals surface area (Å²) in [7, 11) is 0. The Balaban J connectivity index is 1.88. The molecule has 1 aromatic rings. The Morgan fingerprint density at radius 1 is 1.73 bits per heavy atom. The van der Waals surface area contributed by atoms with E-state index in [0.29, 0.717) is 6.42 Å². The lowest BCUT2D eigenvalue weighted by molar-refractivity contribution is -0.0208. The second kappa shape index (κ2) is 5.30. The number of aromatic nitrogens is 1. The van der Waals surface area contributed by atoms with E-state index < -0.39 is 6.10 Å². The number of aliphatic hydroxyl groups is 1. The molecule has 2 rings (SSSR count). The molecule has 1 saturated heterocycles. The number of nitrogens with zero attached hydrogens (tertiary/aromatic N) is 1. The van der Waals surface area contributed by atoms with Crippen LogP contribution in [0.1, 0.15) is 10.7 Å². The maximum atomic E-state index is 9.96. The molecule has 0 radical (unpaired) electrons. The molecule has 0 spiro atoms. The van der Waals surface area contributed by atoms with Crippen LogP contribution in [0.15, 0.2) is 5.38 Å². The molecule has 1 N–H and O–H groups in total. The molecular weight excluding hydrogens is 230 g/mol. The van der Waals surface area contributed by atoms with E-state index in [1.165, 1.54) is 0 Å². The maximum Gasteiger partial charge on any atom is 0.0954 e. The molecule has 1 aliphatic rings. The molecule has 2 atom stereocenters. The zero-order valence-electron chi connectivity index (χ0n) is 8.68. The SMILES string of the molecule is Cc1csc(CC(O)C2CSCCO2)n1. The highest BCUT2D eigenvalue weighted by Crippen LogP contribution is 2.19. The first-order valence-corrected chi connectivity index (χ1v) is 7.07. The van der Waals surface area contributed by atoms with Crippen LogP contribution >= 0.6 is 23.1 Å². The minimum atomic E-state index is -0.414. The standard InChI is InChI=1S/C10H15NO2S2/c1-7-5-15-10(11-7)4-8(12)9-6-14-3-2-13-9/h5,8-9,12H,2-4,6H2,1H3. The summed E-state index contributed by atoms with van der Waals surface area (Å²) in [6, 6.07) is 0. The van der Waals surface area contributed by atoms with Gasteiger partial charge in [0.15, 0.2) is 0 Å². The maximum absolute atomic E-state index is 9.96. The Morgan fingerprint density at radius 2 is 2.60 bits per heavy atom. The van der Waals surface area contributed by atoms with E-state index in [9.17, 15) is 5.11 Å². The Hall–Kier alpha value is -0.100. The predicted octanol–water partition coefficient (Wildman–Crippen LogP) is 1.49. The van der Waals surface area contributed by atoms with Crippen molar-refractivity contribution < 1.29 is 9.84 Å². The van der Waals surface area contributed by atoms with Gasteiger partial charge < -0.3 is 9.84 Å². The van der Waals surface area contributed by atoms with Crippen molar-refractivity contribution in [1.29, 1.82) is 0 Å². The van der Waals surface area contributed by atoms with Crippen LogP contribution in [0.3, 0.4) is 0 Å². The molecular formula is C10H15NO2S2. The smallest absolute Gasteiger partial charge is 0.0954 e. The summed E-state index contributed by atoms with van der Waals surface area (Å²) in [6.07, 6.45) is 0.181. The van der Waals surface area contributed by atoms with Crippen LogP contribution in [-0.4, -0.2) is 40.4 Å². The molecule has 2 heterocycles. The summed E-state index contributed by atoms with van der Waals surface area (Å²) in [6.45, 7) is 2.72. The Labute approximate surface area is 97.9 Å². The quantitative estimate of drug-likeness (QED) is 0.876. The molecule has 1 aromatic heterocycles. The fourth-order valence-corrected chi connectivity index (χ4v) is 3.29. The van der Waals surface area contributed by atoms with Crippen molar-refractivity contribution in [3.8, 4) is 0 Å². The average Bonchev–Trinajstić information content (AvgIpc) is 2.65. The van der Waals surface area contributed by atoms with Crippen LogP contribution in [0.5, 0.6) is 0 Å². The Morgan fingerprint density at radius 3 is 3.20 bits per heavy atom. The van der Waals surface area contributed by atoms with E-state index in [4.69, 9.17) is 4.74 Å². The normalized spacial score (nSPS) is 24.0.